The summed E-state index contributed by atoms with van der Waals surface area (Å²) in [4.78, 5) is 25.1. The van der Waals surface area contributed by atoms with E-state index < -0.39 is 41.9 Å². The average molecular weight is 282 g/mol. The summed E-state index contributed by atoms with van der Waals surface area (Å²) in [5, 5.41) is 29.1. The number of H-pyrrole nitrogens is 1. The van der Waals surface area contributed by atoms with Crippen molar-refractivity contribution in [3.05, 3.63) is 32.6 Å². The number of rotatable bonds is 2. The maximum Gasteiger partial charge on any atom is 0.330 e. The van der Waals surface area contributed by atoms with Gasteiger partial charge in [0.15, 0.2) is 11.8 Å². The topological polar surface area (TPSA) is 125 Å². The van der Waals surface area contributed by atoms with E-state index in [1.54, 1.807) is 0 Å². The van der Waals surface area contributed by atoms with Crippen LogP contribution in [-0.4, -0.2) is 49.3 Å². The Bertz CT molecular complexity index is 672. The van der Waals surface area contributed by atoms with Crippen LogP contribution in [0.5, 0.6) is 0 Å². The summed E-state index contributed by atoms with van der Waals surface area (Å²) in [7, 11) is 0. The molecule has 1 aromatic heterocycles. The molecule has 0 spiro atoms. The smallest absolute Gasteiger partial charge is 0.330 e. The second kappa shape index (κ2) is 4.88. The summed E-state index contributed by atoms with van der Waals surface area (Å²) < 4.78 is 6.20. The highest BCUT2D eigenvalue weighted by atomic mass is 16.6. The number of terminal acetylenes is 1. The van der Waals surface area contributed by atoms with Crippen molar-refractivity contribution in [1.82, 2.24) is 9.55 Å². The van der Waals surface area contributed by atoms with E-state index in [2.05, 4.69) is 5.92 Å². The summed E-state index contributed by atoms with van der Waals surface area (Å²) >= 11 is 0. The number of aryl methyl sites for hydroxylation is 1. The Morgan fingerprint density at radius 1 is 1.55 bits per heavy atom. The molecular weight excluding hydrogens is 268 g/mol. The fourth-order valence-electron chi connectivity index (χ4n) is 2.08. The number of ether oxygens (including phenoxy) is 1. The highest BCUT2D eigenvalue weighted by Gasteiger charge is 2.54. The van der Waals surface area contributed by atoms with Crippen molar-refractivity contribution in [3.63, 3.8) is 0 Å². The quantitative estimate of drug-likeness (QED) is 0.443. The largest absolute Gasteiger partial charge is 0.392 e. The molecule has 8 nitrogen and oxygen atoms in total. The molecule has 108 valence electrons. The van der Waals surface area contributed by atoms with Gasteiger partial charge in [0.1, 0.15) is 12.2 Å². The summed E-state index contributed by atoms with van der Waals surface area (Å²) in [5.74, 6) is 2.08. The Morgan fingerprint density at radius 2 is 2.20 bits per heavy atom. The SMILES string of the molecule is C#C[C@@]1(CO)O[C@H](n2cc(C)c(=O)[nH]c2=O)C(O)C1O. The number of hydrogen-bond acceptors (Lipinski definition) is 6. The minimum absolute atomic E-state index is 0.220. The van der Waals surface area contributed by atoms with Gasteiger partial charge in [0.2, 0.25) is 0 Å². The first kappa shape index (κ1) is 14.5. The maximum absolute atomic E-state index is 11.7. The summed E-state index contributed by atoms with van der Waals surface area (Å²) in [6, 6.07) is 0. The van der Waals surface area contributed by atoms with E-state index >= 15 is 0 Å². The van der Waals surface area contributed by atoms with Crippen LogP contribution in [0.1, 0.15) is 11.8 Å². The number of aromatic amines is 1. The van der Waals surface area contributed by atoms with E-state index in [9.17, 15) is 24.9 Å². The van der Waals surface area contributed by atoms with Crippen molar-refractivity contribution in [3.8, 4) is 12.3 Å². The molecule has 2 heterocycles. The minimum atomic E-state index is -1.80. The van der Waals surface area contributed by atoms with Crippen LogP contribution in [0.3, 0.4) is 0 Å². The number of nitrogens with zero attached hydrogens (tertiary/aromatic N) is 1. The Labute approximate surface area is 113 Å². The van der Waals surface area contributed by atoms with Crippen molar-refractivity contribution >= 4 is 0 Å². The molecule has 20 heavy (non-hydrogen) atoms. The van der Waals surface area contributed by atoms with Crippen LogP contribution in [0.2, 0.25) is 0 Å². The number of nitrogens with one attached hydrogen (secondary N) is 1. The second-order valence-electron chi connectivity index (χ2n) is 4.61. The van der Waals surface area contributed by atoms with E-state index in [4.69, 9.17) is 11.2 Å². The number of aliphatic hydroxyl groups excluding tert-OH is 3. The Kier molecular flexibility index (Phi) is 3.54. The van der Waals surface area contributed by atoms with Crippen LogP contribution in [0, 0.1) is 19.3 Å². The standard InChI is InChI=1S/C12H14N2O6/c1-3-12(5-15)8(17)7(16)10(20-12)14-4-6(2)9(18)13-11(14)19/h1,4,7-8,10,15-17H,5H2,2H3,(H,13,18,19)/t7?,8?,10-,12-/m0/s1. The van der Waals surface area contributed by atoms with Crippen LogP contribution < -0.4 is 11.2 Å². The average Bonchev–Trinajstić information content (AvgIpc) is 2.68. The van der Waals surface area contributed by atoms with Crippen molar-refractivity contribution in [2.75, 3.05) is 6.61 Å². The highest BCUT2D eigenvalue weighted by molar-refractivity contribution is 5.18. The lowest BCUT2D eigenvalue weighted by Gasteiger charge is -2.23. The predicted molar refractivity (Wildman–Crippen MR) is 66.8 cm³/mol. The second-order valence-corrected chi connectivity index (χ2v) is 4.61. The minimum Gasteiger partial charge on any atom is -0.392 e. The first-order valence-electron chi connectivity index (χ1n) is 5.81. The molecule has 2 unspecified atom stereocenters. The normalized spacial score (nSPS) is 33.0. The highest BCUT2D eigenvalue weighted by Crippen LogP contribution is 2.35. The van der Waals surface area contributed by atoms with E-state index in [-0.39, 0.29) is 5.56 Å². The maximum atomic E-state index is 11.7. The molecule has 8 heteroatoms. The van der Waals surface area contributed by atoms with Gasteiger partial charge < -0.3 is 20.1 Å². The van der Waals surface area contributed by atoms with E-state index in [0.29, 0.717) is 0 Å². The summed E-state index contributed by atoms with van der Waals surface area (Å²) in [5.41, 5.74) is -2.96. The first-order chi connectivity index (χ1) is 9.36. The lowest BCUT2D eigenvalue weighted by Crippen LogP contribution is -2.45. The Balaban J connectivity index is 2.51. The zero-order chi connectivity index (χ0) is 15.1. The molecule has 1 aliphatic rings. The fraction of sp³-hybridized carbons (Fsp3) is 0.500. The molecule has 0 aromatic carbocycles. The van der Waals surface area contributed by atoms with Gasteiger partial charge in [-0.2, -0.15) is 0 Å². The molecule has 1 saturated heterocycles. The molecule has 2 rings (SSSR count). The molecule has 1 fully saturated rings. The molecule has 4 N–H and O–H groups in total. The molecule has 4 atom stereocenters. The Hall–Kier alpha value is -1.92. The summed E-state index contributed by atoms with van der Waals surface area (Å²) in [6.07, 6.45) is 2.00. The van der Waals surface area contributed by atoms with Gasteiger partial charge in [-0.1, -0.05) is 5.92 Å². The van der Waals surface area contributed by atoms with Crippen molar-refractivity contribution < 1.29 is 20.1 Å². The molecule has 0 amide bonds. The third kappa shape index (κ3) is 1.97. The zero-order valence-electron chi connectivity index (χ0n) is 10.6. The summed E-state index contributed by atoms with van der Waals surface area (Å²) in [6.45, 7) is 0.738. The first-order valence-corrected chi connectivity index (χ1v) is 5.81. The molecule has 1 aliphatic heterocycles. The number of aliphatic hydroxyl groups is 3. The van der Waals surface area contributed by atoms with Gasteiger partial charge >= 0.3 is 5.69 Å². The van der Waals surface area contributed by atoms with E-state index in [1.807, 2.05) is 4.98 Å². The van der Waals surface area contributed by atoms with Gasteiger partial charge in [-0.05, 0) is 6.92 Å². The van der Waals surface area contributed by atoms with Gasteiger partial charge in [0, 0.05) is 11.8 Å². The van der Waals surface area contributed by atoms with Gasteiger partial charge in [0.05, 0.1) is 6.61 Å². The van der Waals surface area contributed by atoms with Gasteiger partial charge in [-0.25, -0.2) is 4.79 Å². The lowest BCUT2D eigenvalue weighted by atomic mass is 9.97. The molecule has 0 bridgehead atoms. The van der Waals surface area contributed by atoms with Crippen LogP contribution in [0.25, 0.3) is 0 Å². The van der Waals surface area contributed by atoms with Crippen LogP contribution in [0.15, 0.2) is 15.8 Å². The number of hydrogen-bond donors (Lipinski definition) is 4. The molecule has 0 radical (unpaired) electrons. The van der Waals surface area contributed by atoms with Gasteiger partial charge in [0.25, 0.3) is 5.56 Å². The van der Waals surface area contributed by atoms with Crippen molar-refractivity contribution in [2.24, 2.45) is 0 Å². The van der Waals surface area contributed by atoms with E-state index in [0.717, 1.165) is 4.57 Å². The van der Waals surface area contributed by atoms with Crippen LogP contribution in [-0.2, 0) is 4.74 Å². The van der Waals surface area contributed by atoms with Crippen LogP contribution in [0.4, 0.5) is 0 Å². The van der Waals surface area contributed by atoms with E-state index in [1.165, 1.54) is 13.1 Å². The zero-order valence-corrected chi connectivity index (χ0v) is 10.6. The third-order valence-corrected chi connectivity index (χ3v) is 3.32. The molecule has 0 saturated carbocycles. The fourth-order valence-corrected chi connectivity index (χ4v) is 2.08. The monoisotopic (exact) mass is 282 g/mol. The molecule has 0 aliphatic carbocycles. The third-order valence-electron chi connectivity index (χ3n) is 3.32. The van der Waals surface area contributed by atoms with Crippen molar-refractivity contribution in [1.29, 1.82) is 0 Å². The number of aromatic nitrogens is 2. The van der Waals surface area contributed by atoms with Gasteiger partial charge in [-0.3, -0.25) is 14.3 Å². The van der Waals surface area contributed by atoms with Crippen molar-refractivity contribution in [2.45, 2.75) is 31.0 Å². The predicted octanol–water partition coefficient (Wildman–Crippen LogP) is -2.54. The van der Waals surface area contributed by atoms with Gasteiger partial charge in [-0.15, -0.1) is 6.42 Å². The lowest BCUT2D eigenvalue weighted by molar-refractivity contribution is -0.0937. The Morgan fingerprint density at radius 3 is 2.70 bits per heavy atom. The van der Waals surface area contributed by atoms with Crippen LogP contribution >= 0.6 is 0 Å². The molecular formula is C12H14N2O6. The molecule has 1 aromatic rings.